The fourth-order valence-electron chi connectivity index (χ4n) is 3.00. The summed E-state index contributed by atoms with van der Waals surface area (Å²) in [6, 6.07) is 11.1. The molecule has 26 heavy (non-hydrogen) atoms. The van der Waals surface area contributed by atoms with Crippen LogP contribution in [0.25, 0.3) is 22.4 Å². The van der Waals surface area contributed by atoms with Crippen molar-refractivity contribution in [2.75, 3.05) is 6.61 Å². The Labute approximate surface area is 159 Å². The van der Waals surface area contributed by atoms with Crippen LogP contribution >= 0.6 is 23.2 Å². The number of hydrogen-bond acceptors (Lipinski definition) is 4. The summed E-state index contributed by atoms with van der Waals surface area (Å²) in [5, 5.41) is 8.18. The van der Waals surface area contributed by atoms with E-state index in [1.165, 1.54) is 0 Å². The molecule has 0 saturated carbocycles. The van der Waals surface area contributed by atoms with E-state index in [-0.39, 0.29) is 18.9 Å². The van der Waals surface area contributed by atoms with Gasteiger partial charge < -0.3 is 9.47 Å². The van der Waals surface area contributed by atoms with Crippen LogP contribution < -0.4 is 4.74 Å². The largest absolute Gasteiger partial charge is 0.488 e. The second-order valence-electron chi connectivity index (χ2n) is 5.74. The van der Waals surface area contributed by atoms with Gasteiger partial charge in [0, 0.05) is 27.8 Å². The Morgan fingerprint density at radius 1 is 1.19 bits per heavy atom. The standard InChI is InChI=1S/C19H14Cl2N2O3/c1-2-25-19(24)18-13-9-26-16-8-15(21)11(7-12(16)17(13)22-23-18)10-5-3-4-6-14(10)20/h3-8H,2,9H2,1H3,(H,22,23). The Morgan fingerprint density at radius 3 is 2.77 bits per heavy atom. The van der Waals surface area contributed by atoms with Gasteiger partial charge >= 0.3 is 5.97 Å². The van der Waals surface area contributed by atoms with Crippen molar-refractivity contribution in [3.05, 3.63) is 57.7 Å². The Kier molecular flexibility index (Phi) is 4.34. The summed E-state index contributed by atoms with van der Waals surface area (Å²) in [5.74, 6) is 0.148. The number of esters is 1. The van der Waals surface area contributed by atoms with E-state index in [1.807, 2.05) is 30.3 Å². The first-order valence-electron chi connectivity index (χ1n) is 8.06. The van der Waals surface area contributed by atoms with Gasteiger partial charge in [-0.15, -0.1) is 0 Å². The number of rotatable bonds is 3. The summed E-state index contributed by atoms with van der Waals surface area (Å²) in [5.41, 5.74) is 4.00. The molecule has 0 saturated heterocycles. The first kappa shape index (κ1) is 16.9. The Bertz CT molecular complexity index is 1010. The van der Waals surface area contributed by atoms with E-state index in [9.17, 15) is 4.79 Å². The number of nitrogens with one attached hydrogen (secondary N) is 1. The first-order chi connectivity index (χ1) is 12.6. The minimum Gasteiger partial charge on any atom is -0.488 e. The molecule has 1 N–H and O–H groups in total. The third-order valence-corrected chi connectivity index (χ3v) is 4.85. The van der Waals surface area contributed by atoms with Crippen LogP contribution in [0.2, 0.25) is 10.0 Å². The number of hydrogen-bond donors (Lipinski definition) is 1. The van der Waals surface area contributed by atoms with E-state index in [2.05, 4.69) is 10.2 Å². The number of aromatic nitrogens is 2. The monoisotopic (exact) mass is 388 g/mol. The van der Waals surface area contributed by atoms with Crippen molar-refractivity contribution in [3.8, 4) is 28.1 Å². The maximum absolute atomic E-state index is 12.1. The van der Waals surface area contributed by atoms with Crippen LogP contribution in [0.5, 0.6) is 5.75 Å². The molecule has 0 radical (unpaired) electrons. The number of carbonyl (C=O) groups is 1. The number of carbonyl (C=O) groups excluding carboxylic acids is 1. The zero-order valence-corrected chi connectivity index (χ0v) is 15.3. The number of ether oxygens (including phenoxy) is 2. The third-order valence-electron chi connectivity index (χ3n) is 4.21. The highest BCUT2D eigenvalue weighted by molar-refractivity contribution is 6.36. The highest BCUT2D eigenvalue weighted by Gasteiger charge is 2.28. The van der Waals surface area contributed by atoms with Crippen molar-refractivity contribution in [2.45, 2.75) is 13.5 Å². The highest BCUT2D eigenvalue weighted by Crippen LogP contribution is 2.44. The molecule has 2 heterocycles. The quantitative estimate of drug-likeness (QED) is 0.632. The lowest BCUT2D eigenvalue weighted by atomic mass is 9.97. The second kappa shape index (κ2) is 6.67. The number of nitrogens with zero attached hydrogens (tertiary/aromatic N) is 1. The van der Waals surface area contributed by atoms with Crippen LogP contribution in [0.15, 0.2) is 36.4 Å². The molecule has 132 valence electrons. The van der Waals surface area contributed by atoms with Gasteiger partial charge in [0.05, 0.1) is 22.9 Å². The van der Waals surface area contributed by atoms with Gasteiger partial charge in [0.1, 0.15) is 12.4 Å². The molecule has 4 rings (SSSR count). The maximum Gasteiger partial charge on any atom is 0.359 e. The van der Waals surface area contributed by atoms with E-state index in [4.69, 9.17) is 32.7 Å². The lowest BCUT2D eigenvalue weighted by Gasteiger charge is -2.20. The topological polar surface area (TPSA) is 64.2 Å². The summed E-state index contributed by atoms with van der Waals surface area (Å²) in [6.07, 6.45) is 0. The molecule has 1 aliphatic rings. The molecular formula is C19H14Cl2N2O3. The Balaban J connectivity index is 1.86. The molecule has 7 heteroatoms. The average molecular weight is 389 g/mol. The molecule has 0 spiro atoms. The summed E-state index contributed by atoms with van der Waals surface area (Å²) in [4.78, 5) is 12.1. The van der Waals surface area contributed by atoms with Crippen molar-refractivity contribution in [1.82, 2.24) is 10.2 Å². The normalized spacial score (nSPS) is 12.1. The molecule has 5 nitrogen and oxygen atoms in total. The molecule has 0 bridgehead atoms. The molecule has 0 atom stereocenters. The van der Waals surface area contributed by atoms with E-state index < -0.39 is 5.97 Å². The Hall–Kier alpha value is -2.50. The second-order valence-corrected chi connectivity index (χ2v) is 6.56. The predicted molar refractivity (Wildman–Crippen MR) is 99.8 cm³/mol. The van der Waals surface area contributed by atoms with Gasteiger partial charge in [-0.05, 0) is 19.1 Å². The SMILES string of the molecule is CCOC(=O)c1n[nH]c2c1COc1cc(Cl)c(-c3ccccc3Cl)cc1-2. The van der Waals surface area contributed by atoms with E-state index >= 15 is 0 Å². The van der Waals surface area contributed by atoms with Crippen LogP contribution in [0, 0.1) is 0 Å². The van der Waals surface area contributed by atoms with Gasteiger partial charge in [-0.1, -0.05) is 41.4 Å². The zero-order valence-electron chi connectivity index (χ0n) is 13.8. The number of H-pyrrole nitrogens is 1. The first-order valence-corrected chi connectivity index (χ1v) is 8.81. The van der Waals surface area contributed by atoms with E-state index in [0.717, 1.165) is 22.4 Å². The van der Waals surface area contributed by atoms with Crippen molar-refractivity contribution < 1.29 is 14.3 Å². The van der Waals surface area contributed by atoms with Gasteiger partial charge in [-0.3, -0.25) is 5.10 Å². The van der Waals surface area contributed by atoms with Crippen LogP contribution in [0.3, 0.4) is 0 Å². The van der Waals surface area contributed by atoms with E-state index in [0.29, 0.717) is 21.4 Å². The number of fused-ring (bicyclic) bond motifs is 3. The molecule has 1 aliphatic heterocycles. The van der Waals surface area contributed by atoms with Gasteiger partial charge in [-0.25, -0.2) is 4.79 Å². The lowest BCUT2D eigenvalue weighted by Crippen LogP contribution is -2.12. The molecule has 3 aromatic rings. The number of benzene rings is 2. The fourth-order valence-corrected chi connectivity index (χ4v) is 3.50. The van der Waals surface area contributed by atoms with E-state index in [1.54, 1.807) is 13.0 Å². The van der Waals surface area contributed by atoms with Gasteiger partial charge in [0.15, 0.2) is 5.69 Å². The van der Waals surface area contributed by atoms with Crippen LogP contribution in [-0.4, -0.2) is 22.8 Å². The van der Waals surface area contributed by atoms with Gasteiger partial charge in [-0.2, -0.15) is 5.10 Å². The van der Waals surface area contributed by atoms with Crippen LogP contribution in [-0.2, 0) is 11.3 Å². The summed E-state index contributed by atoms with van der Waals surface area (Å²) in [7, 11) is 0. The molecular weight excluding hydrogens is 375 g/mol. The summed E-state index contributed by atoms with van der Waals surface area (Å²) in [6.45, 7) is 2.25. The van der Waals surface area contributed by atoms with Crippen molar-refractivity contribution in [1.29, 1.82) is 0 Å². The van der Waals surface area contributed by atoms with Crippen molar-refractivity contribution in [3.63, 3.8) is 0 Å². The van der Waals surface area contributed by atoms with Gasteiger partial charge in [0.2, 0.25) is 0 Å². The molecule has 0 amide bonds. The highest BCUT2D eigenvalue weighted by atomic mass is 35.5. The minimum absolute atomic E-state index is 0.217. The minimum atomic E-state index is -0.475. The molecule has 0 unspecified atom stereocenters. The predicted octanol–water partition coefficient (Wildman–Crippen LogP) is 5.12. The number of halogens is 2. The molecule has 0 aliphatic carbocycles. The average Bonchev–Trinajstić information content (AvgIpc) is 3.06. The van der Waals surface area contributed by atoms with Crippen LogP contribution in [0.4, 0.5) is 0 Å². The van der Waals surface area contributed by atoms with Crippen molar-refractivity contribution >= 4 is 29.2 Å². The van der Waals surface area contributed by atoms with Gasteiger partial charge in [0.25, 0.3) is 0 Å². The number of aromatic amines is 1. The summed E-state index contributed by atoms with van der Waals surface area (Å²) >= 11 is 12.8. The third kappa shape index (κ3) is 2.73. The smallest absolute Gasteiger partial charge is 0.359 e. The van der Waals surface area contributed by atoms with Crippen molar-refractivity contribution in [2.24, 2.45) is 0 Å². The Morgan fingerprint density at radius 2 is 2.00 bits per heavy atom. The molecule has 0 fully saturated rings. The molecule has 2 aromatic carbocycles. The lowest BCUT2D eigenvalue weighted by molar-refractivity contribution is 0.0516. The zero-order chi connectivity index (χ0) is 18.3. The fraction of sp³-hybridized carbons (Fsp3) is 0.158. The maximum atomic E-state index is 12.1. The summed E-state index contributed by atoms with van der Waals surface area (Å²) < 4.78 is 10.8. The van der Waals surface area contributed by atoms with Crippen LogP contribution in [0.1, 0.15) is 23.0 Å². The molecule has 1 aromatic heterocycles.